The van der Waals surface area contributed by atoms with Crippen LogP contribution in [0.3, 0.4) is 0 Å². The molecule has 0 N–H and O–H groups in total. The average Bonchev–Trinajstić information content (AvgIpc) is 3.61. The highest BCUT2D eigenvalue weighted by atomic mass is 15.1. The molecule has 0 spiro atoms. The summed E-state index contributed by atoms with van der Waals surface area (Å²) in [4.78, 5) is 2.41. The summed E-state index contributed by atoms with van der Waals surface area (Å²) in [6.07, 6.45) is 0. The maximum absolute atomic E-state index is 2.41. The third-order valence-corrected chi connectivity index (χ3v) is 10.8. The lowest BCUT2D eigenvalue weighted by molar-refractivity contribution is 1.18. The summed E-state index contributed by atoms with van der Waals surface area (Å²) < 4.78 is 2.39. The van der Waals surface area contributed by atoms with Gasteiger partial charge >= 0.3 is 0 Å². The SMILES string of the molecule is c1ccc(-c2cccc(-c3cccc(N(c4cccc(-c5ccccc5-c5ccccc5)c4)c4ccc5c6ccccc6n(-c6ccccc6)c5c4)c3)c2)cc1. The number of rotatable bonds is 8. The first-order chi connectivity index (χ1) is 27.8. The van der Waals surface area contributed by atoms with Crippen molar-refractivity contribution in [2.75, 3.05) is 4.90 Å². The molecule has 0 saturated carbocycles. The van der Waals surface area contributed by atoms with E-state index in [1.165, 1.54) is 49.7 Å². The van der Waals surface area contributed by atoms with Crippen molar-refractivity contribution in [2.24, 2.45) is 0 Å². The van der Waals surface area contributed by atoms with E-state index in [-0.39, 0.29) is 0 Å². The topological polar surface area (TPSA) is 8.17 Å². The minimum atomic E-state index is 1.08. The summed E-state index contributed by atoms with van der Waals surface area (Å²) >= 11 is 0. The van der Waals surface area contributed by atoms with Crippen LogP contribution in [0.15, 0.2) is 231 Å². The zero-order valence-corrected chi connectivity index (χ0v) is 30.8. The molecule has 0 amide bonds. The number of benzene rings is 9. The molecule has 10 aromatic rings. The number of nitrogens with zero attached hydrogens (tertiary/aromatic N) is 2. The fourth-order valence-corrected chi connectivity index (χ4v) is 8.15. The highest BCUT2D eigenvalue weighted by Crippen LogP contribution is 2.42. The molecule has 1 aromatic heterocycles. The number of para-hydroxylation sites is 2. The summed E-state index contributed by atoms with van der Waals surface area (Å²) in [5.74, 6) is 0. The summed E-state index contributed by atoms with van der Waals surface area (Å²) in [6.45, 7) is 0. The Labute approximate surface area is 327 Å². The third-order valence-electron chi connectivity index (χ3n) is 10.8. The Morgan fingerprint density at radius 1 is 0.268 bits per heavy atom. The van der Waals surface area contributed by atoms with Crippen LogP contribution in [0, 0.1) is 0 Å². The van der Waals surface area contributed by atoms with Gasteiger partial charge in [-0.3, -0.25) is 0 Å². The fraction of sp³-hybridized carbons (Fsp3) is 0. The first-order valence-electron chi connectivity index (χ1n) is 19.2. The smallest absolute Gasteiger partial charge is 0.0561 e. The molecular weight excluding hydrogens is 677 g/mol. The van der Waals surface area contributed by atoms with Gasteiger partial charge in [0.05, 0.1) is 11.0 Å². The molecule has 0 aliphatic heterocycles. The minimum Gasteiger partial charge on any atom is -0.310 e. The molecule has 2 nitrogen and oxygen atoms in total. The molecule has 0 aliphatic carbocycles. The molecule has 2 heteroatoms. The quantitative estimate of drug-likeness (QED) is 0.152. The Morgan fingerprint density at radius 3 is 1.45 bits per heavy atom. The van der Waals surface area contributed by atoms with Crippen molar-refractivity contribution in [3.05, 3.63) is 231 Å². The average molecular weight is 715 g/mol. The van der Waals surface area contributed by atoms with E-state index in [1.807, 2.05) is 0 Å². The standard InChI is InChI=1S/C54H38N2/c1-4-17-39(18-5-1)41-21-14-22-42(35-41)43-23-15-27-46(36-43)55(47-28-16-24-44(37-47)50-30-11-10-29-49(50)40-19-6-2-7-20-40)48-33-34-52-51-31-12-13-32-53(51)56(54(52)38-48)45-25-8-3-9-26-45/h1-38H. The van der Waals surface area contributed by atoms with Crippen LogP contribution >= 0.6 is 0 Å². The van der Waals surface area contributed by atoms with Crippen molar-refractivity contribution in [1.29, 1.82) is 0 Å². The predicted octanol–water partition coefficient (Wildman–Crippen LogP) is 14.9. The molecule has 0 bridgehead atoms. The van der Waals surface area contributed by atoms with E-state index in [1.54, 1.807) is 0 Å². The normalized spacial score (nSPS) is 11.2. The van der Waals surface area contributed by atoms with Crippen LogP contribution in [0.25, 0.3) is 72.0 Å². The highest BCUT2D eigenvalue weighted by Gasteiger charge is 2.19. The molecule has 1 heterocycles. The van der Waals surface area contributed by atoms with Gasteiger partial charge in [0.25, 0.3) is 0 Å². The lowest BCUT2D eigenvalue weighted by Gasteiger charge is -2.27. The fourth-order valence-electron chi connectivity index (χ4n) is 8.15. The lowest BCUT2D eigenvalue weighted by Crippen LogP contribution is -2.10. The molecule has 0 fully saturated rings. The molecule has 0 unspecified atom stereocenters. The third kappa shape index (κ3) is 6.14. The van der Waals surface area contributed by atoms with Crippen molar-refractivity contribution in [2.45, 2.75) is 0 Å². The van der Waals surface area contributed by atoms with Gasteiger partial charge in [0.2, 0.25) is 0 Å². The Morgan fingerprint density at radius 2 is 0.732 bits per heavy atom. The van der Waals surface area contributed by atoms with E-state index in [9.17, 15) is 0 Å². The molecule has 0 atom stereocenters. The maximum Gasteiger partial charge on any atom is 0.0561 e. The number of fused-ring (bicyclic) bond motifs is 3. The van der Waals surface area contributed by atoms with Gasteiger partial charge in [-0.2, -0.15) is 0 Å². The summed E-state index contributed by atoms with van der Waals surface area (Å²) in [5.41, 5.74) is 16.3. The van der Waals surface area contributed by atoms with Gasteiger partial charge in [-0.1, -0.05) is 170 Å². The van der Waals surface area contributed by atoms with Crippen molar-refractivity contribution in [1.82, 2.24) is 4.57 Å². The van der Waals surface area contributed by atoms with E-state index in [0.29, 0.717) is 0 Å². The van der Waals surface area contributed by atoms with E-state index in [2.05, 4.69) is 240 Å². The van der Waals surface area contributed by atoms with E-state index in [0.717, 1.165) is 39.4 Å². The molecule has 10 rings (SSSR count). The van der Waals surface area contributed by atoms with Crippen molar-refractivity contribution < 1.29 is 0 Å². The van der Waals surface area contributed by atoms with Crippen LogP contribution < -0.4 is 4.90 Å². The van der Waals surface area contributed by atoms with Crippen LogP contribution in [0.2, 0.25) is 0 Å². The van der Waals surface area contributed by atoms with Gasteiger partial charge in [0, 0.05) is 33.5 Å². The second-order valence-corrected chi connectivity index (χ2v) is 14.2. The van der Waals surface area contributed by atoms with E-state index in [4.69, 9.17) is 0 Å². The molecule has 0 aliphatic rings. The molecule has 9 aromatic carbocycles. The molecule has 0 saturated heterocycles. The van der Waals surface area contributed by atoms with E-state index < -0.39 is 0 Å². The zero-order chi connectivity index (χ0) is 37.3. The Bertz CT molecular complexity index is 2960. The largest absolute Gasteiger partial charge is 0.310 e. The number of anilines is 3. The van der Waals surface area contributed by atoms with Crippen LogP contribution in [0.4, 0.5) is 17.1 Å². The first kappa shape index (κ1) is 33.2. The molecule has 56 heavy (non-hydrogen) atoms. The van der Waals surface area contributed by atoms with Crippen molar-refractivity contribution in [3.63, 3.8) is 0 Å². The van der Waals surface area contributed by atoms with Crippen LogP contribution in [-0.2, 0) is 0 Å². The Kier molecular flexibility index (Phi) is 8.55. The van der Waals surface area contributed by atoms with Crippen LogP contribution in [0.5, 0.6) is 0 Å². The zero-order valence-electron chi connectivity index (χ0n) is 30.8. The minimum absolute atomic E-state index is 1.08. The van der Waals surface area contributed by atoms with Gasteiger partial charge < -0.3 is 9.47 Å². The molecule has 0 radical (unpaired) electrons. The van der Waals surface area contributed by atoms with Gasteiger partial charge in [-0.25, -0.2) is 0 Å². The van der Waals surface area contributed by atoms with E-state index >= 15 is 0 Å². The summed E-state index contributed by atoms with van der Waals surface area (Å²) in [7, 11) is 0. The number of hydrogen-bond donors (Lipinski definition) is 0. The van der Waals surface area contributed by atoms with Crippen LogP contribution in [-0.4, -0.2) is 4.57 Å². The van der Waals surface area contributed by atoms with Gasteiger partial charge in [0.15, 0.2) is 0 Å². The number of aromatic nitrogens is 1. The summed E-state index contributed by atoms with van der Waals surface area (Å²) in [5, 5.41) is 2.47. The predicted molar refractivity (Wildman–Crippen MR) is 237 cm³/mol. The second kappa shape index (κ2) is 14.4. The first-order valence-corrected chi connectivity index (χ1v) is 19.2. The maximum atomic E-state index is 2.41. The monoisotopic (exact) mass is 714 g/mol. The lowest BCUT2D eigenvalue weighted by atomic mass is 9.94. The molecular formula is C54H38N2. The van der Waals surface area contributed by atoms with Crippen molar-refractivity contribution in [3.8, 4) is 50.2 Å². The highest BCUT2D eigenvalue weighted by molar-refractivity contribution is 6.10. The van der Waals surface area contributed by atoms with Gasteiger partial charge in [0.1, 0.15) is 0 Å². The Hall–Kier alpha value is -7.42. The van der Waals surface area contributed by atoms with Gasteiger partial charge in [-0.05, 0) is 105 Å². The number of hydrogen-bond acceptors (Lipinski definition) is 1. The second-order valence-electron chi connectivity index (χ2n) is 14.2. The summed E-state index contributed by atoms with van der Waals surface area (Å²) in [6, 6.07) is 83.1. The van der Waals surface area contributed by atoms with Gasteiger partial charge in [-0.15, -0.1) is 0 Å². The Balaban J connectivity index is 1.17. The van der Waals surface area contributed by atoms with Crippen molar-refractivity contribution >= 4 is 38.9 Å². The van der Waals surface area contributed by atoms with Crippen LogP contribution in [0.1, 0.15) is 0 Å². The molecule has 264 valence electrons.